The van der Waals surface area contributed by atoms with Gasteiger partial charge < -0.3 is 9.84 Å². The summed E-state index contributed by atoms with van der Waals surface area (Å²) in [4.78, 5) is 12.6. The molecule has 0 heterocycles. The Bertz CT molecular complexity index is 983. The highest BCUT2D eigenvalue weighted by Gasteiger charge is 2.33. The van der Waals surface area contributed by atoms with Gasteiger partial charge in [0.1, 0.15) is 12.2 Å². The molecule has 0 aromatic heterocycles. The molecule has 0 saturated heterocycles. The Morgan fingerprint density at radius 3 is 2.39 bits per heavy atom. The van der Waals surface area contributed by atoms with Gasteiger partial charge in [-0.2, -0.15) is 4.31 Å². The second-order valence-electron chi connectivity index (χ2n) is 6.97. The summed E-state index contributed by atoms with van der Waals surface area (Å²) in [6, 6.07) is 14.7. The number of aliphatic hydroxyl groups is 1. The number of carbonyl (C=O) groups excluding carboxylic acids is 1. The third-order valence-electron chi connectivity index (χ3n) is 3.50. The first kappa shape index (κ1) is 21.5. The van der Waals surface area contributed by atoms with E-state index in [1.165, 1.54) is 18.2 Å². The molecule has 148 valence electrons. The molecule has 2 aromatic carbocycles. The molecular formula is C21H23NO5S. The van der Waals surface area contributed by atoms with Crippen LogP contribution in [0.5, 0.6) is 0 Å². The van der Waals surface area contributed by atoms with Crippen molar-refractivity contribution in [1.29, 1.82) is 0 Å². The molecule has 1 amide bonds. The summed E-state index contributed by atoms with van der Waals surface area (Å²) in [5.41, 5.74) is 0.211. The maximum Gasteiger partial charge on any atom is 0.424 e. The lowest BCUT2D eigenvalue weighted by molar-refractivity contribution is 0.0381. The van der Waals surface area contributed by atoms with E-state index in [2.05, 4.69) is 11.8 Å². The lowest BCUT2D eigenvalue weighted by Gasteiger charge is -2.27. The maximum absolute atomic E-state index is 13.2. The predicted octanol–water partition coefficient (Wildman–Crippen LogP) is 3.16. The van der Waals surface area contributed by atoms with Crippen LogP contribution in [0.15, 0.2) is 59.5 Å². The van der Waals surface area contributed by atoms with Crippen LogP contribution in [-0.4, -0.2) is 36.1 Å². The summed E-state index contributed by atoms with van der Waals surface area (Å²) in [5.74, 6) is 5.14. The van der Waals surface area contributed by atoms with Crippen LogP contribution in [0, 0.1) is 11.8 Å². The van der Waals surface area contributed by atoms with Crippen LogP contribution >= 0.6 is 0 Å². The molecule has 0 spiro atoms. The molecule has 0 atom stereocenters. The van der Waals surface area contributed by atoms with E-state index in [0.29, 0.717) is 15.4 Å². The van der Waals surface area contributed by atoms with E-state index >= 15 is 0 Å². The van der Waals surface area contributed by atoms with Gasteiger partial charge in [-0.15, -0.1) is 0 Å². The molecule has 28 heavy (non-hydrogen) atoms. The van der Waals surface area contributed by atoms with Crippen molar-refractivity contribution < 1.29 is 23.1 Å². The molecule has 6 nitrogen and oxygen atoms in total. The number of hydrogen-bond acceptors (Lipinski definition) is 5. The Balaban J connectivity index is 2.47. The van der Waals surface area contributed by atoms with Crippen molar-refractivity contribution in [2.75, 3.05) is 6.61 Å². The monoisotopic (exact) mass is 401 g/mol. The van der Waals surface area contributed by atoms with Crippen LogP contribution in [-0.2, 0) is 21.3 Å². The van der Waals surface area contributed by atoms with Gasteiger partial charge in [-0.1, -0.05) is 48.2 Å². The molecule has 0 radical (unpaired) electrons. The summed E-state index contributed by atoms with van der Waals surface area (Å²) < 4.78 is 32.5. The SMILES string of the molecule is CC(C)(C)OC(=O)N(Cc1ccccc1)S(=O)(=O)c1cccc(C#CCO)c1. The lowest BCUT2D eigenvalue weighted by atomic mass is 10.2. The second-order valence-corrected chi connectivity index (χ2v) is 8.83. The Labute approximate surface area is 165 Å². The van der Waals surface area contributed by atoms with E-state index in [1.807, 2.05) is 0 Å². The standard InChI is InChI=1S/C21H23NO5S/c1-21(2,3)27-20(24)22(16-18-9-5-4-6-10-18)28(25,26)19-13-7-11-17(15-19)12-8-14-23/h4-7,9-11,13,15,23H,14,16H2,1-3H3. The molecule has 0 saturated carbocycles. The summed E-state index contributed by atoms with van der Waals surface area (Å²) in [6.45, 7) is 4.51. The zero-order chi connectivity index (χ0) is 20.8. The smallest absolute Gasteiger partial charge is 0.424 e. The average Bonchev–Trinajstić information content (AvgIpc) is 2.64. The quantitative estimate of drug-likeness (QED) is 0.796. The number of rotatable bonds is 4. The van der Waals surface area contributed by atoms with Crippen LogP contribution in [0.1, 0.15) is 31.9 Å². The topological polar surface area (TPSA) is 83.9 Å². The van der Waals surface area contributed by atoms with Crippen molar-refractivity contribution in [3.8, 4) is 11.8 Å². The highest BCUT2D eigenvalue weighted by Crippen LogP contribution is 2.22. The van der Waals surface area contributed by atoms with Crippen molar-refractivity contribution in [3.63, 3.8) is 0 Å². The minimum atomic E-state index is -4.19. The number of sulfonamides is 1. The molecule has 0 aliphatic rings. The Morgan fingerprint density at radius 1 is 1.11 bits per heavy atom. The maximum atomic E-state index is 13.2. The average molecular weight is 401 g/mol. The van der Waals surface area contributed by atoms with Crippen LogP contribution in [0.4, 0.5) is 4.79 Å². The molecule has 7 heteroatoms. The Hall–Kier alpha value is -2.82. The molecule has 2 aromatic rings. The van der Waals surface area contributed by atoms with Gasteiger partial charge in [-0.05, 0) is 44.5 Å². The van der Waals surface area contributed by atoms with E-state index in [1.54, 1.807) is 57.2 Å². The van der Waals surface area contributed by atoms with Gasteiger partial charge in [0.25, 0.3) is 10.0 Å². The third kappa shape index (κ3) is 5.84. The fourth-order valence-corrected chi connectivity index (χ4v) is 3.65. The number of amides is 1. The normalized spacial score (nSPS) is 11.3. The predicted molar refractivity (Wildman–Crippen MR) is 106 cm³/mol. The number of aliphatic hydroxyl groups excluding tert-OH is 1. The van der Waals surface area contributed by atoms with Gasteiger partial charge in [0.05, 0.1) is 11.4 Å². The summed E-state index contributed by atoms with van der Waals surface area (Å²) in [7, 11) is -4.19. The van der Waals surface area contributed by atoms with Crippen LogP contribution in [0.2, 0.25) is 0 Å². The van der Waals surface area contributed by atoms with E-state index in [0.717, 1.165) is 0 Å². The number of ether oxygens (including phenoxy) is 1. The number of benzene rings is 2. The molecule has 0 bridgehead atoms. The van der Waals surface area contributed by atoms with E-state index < -0.39 is 21.7 Å². The fraction of sp³-hybridized carbons (Fsp3) is 0.286. The molecule has 2 rings (SSSR count). The first-order valence-electron chi connectivity index (χ1n) is 8.63. The Morgan fingerprint density at radius 2 is 1.79 bits per heavy atom. The molecule has 0 unspecified atom stereocenters. The number of carbonyl (C=O) groups is 1. The molecule has 0 aliphatic carbocycles. The van der Waals surface area contributed by atoms with Gasteiger partial charge in [0.2, 0.25) is 0 Å². The summed E-state index contributed by atoms with van der Waals surface area (Å²) in [5, 5.41) is 8.83. The third-order valence-corrected chi connectivity index (χ3v) is 5.21. The van der Waals surface area contributed by atoms with Gasteiger partial charge in [-0.3, -0.25) is 0 Å². The molecule has 0 fully saturated rings. The van der Waals surface area contributed by atoms with E-state index in [-0.39, 0.29) is 18.0 Å². The van der Waals surface area contributed by atoms with Crippen molar-refractivity contribution in [3.05, 3.63) is 65.7 Å². The molecule has 1 N–H and O–H groups in total. The van der Waals surface area contributed by atoms with E-state index in [4.69, 9.17) is 9.84 Å². The highest BCUT2D eigenvalue weighted by atomic mass is 32.2. The van der Waals surface area contributed by atoms with Gasteiger partial charge in [-0.25, -0.2) is 13.2 Å². The van der Waals surface area contributed by atoms with Crippen LogP contribution in [0.25, 0.3) is 0 Å². The largest absolute Gasteiger partial charge is 0.443 e. The highest BCUT2D eigenvalue weighted by molar-refractivity contribution is 7.89. The zero-order valence-electron chi connectivity index (χ0n) is 16.0. The van der Waals surface area contributed by atoms with Crippen LogP contribution in [0.3, 0.4) is 0 Å². The minimum absolute atomic E-state index is 0.0842. The van der Waals surface area contributed by atoms with Crippen molar-refractivity contribution >= 4 is 16.1 Å². The minimum Gasteiger partial charge on any atom is -0.443 e. The second kappa shape index (κ2) is 8.91. The lowest BCUT2D eigenvalue weighted by Crippen LogP contribution is -2.40. The van der Waals surface area contributed by atoms with Crippen molar-refractivity contribution in [2.45, 2.75) is 37.8 Å². The van der Waals surface area contributed by atoms with Crippen molar-refractivity contribution in [2.24, 2.45) is 0 Å². The zero-order valence-corrected chi connectivity index (χ0v) is 16.9. The number of nitrogens with zero attached hydrogens (tertiary/aromatic N) is 1. The first-order valence-corrected chi connectivity index (χ1v) is 10.1. The molecule has 0 aliphatic heterocycles. The van der Waals surface area contributed by atoms with Crippen molar-refractivity contribution in [1.82, 2.24) is 4.31 Å². The van der Waals surface area contributed by atoms with E-state index in [9.17, 15) is 13.2 Å². The first-order chi connectivity index (χ1) is 13.1. The van der Waals surface area contributed by atoms with Gasteiger partial charge in [0, 0.05) is 5.56 Å². The van der Waals surface area contributed by atoms with Gasteiger partial charge >= 0.3 is 6.09 Å². The number of hydrogen-bond donors (Lipinski definition) is 1. The summed E-state index contributed by atoms with van der Waals surface area (Å²) >= 11 is 0. The summed E-state index contributed by atoms with van der Waals surface area (Å²) in [6.07, 6.45) is -0.955. The van der Waals surface area contributed by atoms with Gasteiger partial charge in [0.15, 0.2) is 0 Å². The van der Waals surface area contributed by atoms with Crippen LogP contribution < -0.4 is 0 Å². The molecular weight excluding hydrogens is 378 g/mol. The fourth-order valence-electron chi connectivity index (χ4n) is 2.31. The Kier molecular flexibility index (Phi) is 6.84.